The lowest BCUT2D eigenvalue weighted by molar-refractivity contribution is -0.129. The molecule has 2 unspecified atom stereocenters. The van der Waals surface area contributed by atoms with Crippen LogP contribution in [0.1, 0.15) is 32.8 Å². The fraction of sp³-hybridized carbons (Fsp3) is 0.270. The minimum Gasteiger partial charge on any atom is -0.352 e. The maximum Gasteiger partial charge on any atom is 0.247 e. The van der Waals surface area contributed by atoms with Crippen LogP contribution in [-0.2, 0) is 20.8 Å². The Labute approximate surface area is 309 Å². The number of nitrogens with zero attached hydrogens (tertiary/aromatic N) is 1. The second kappa shape index (κ2) is 21.0. The summed E-state index contributed by atoms with van der Waals surface area (Å²) in [6.07, 6.45) is 8.24. The smallest absolute Gasteiger partial charge is 0.247 e. The van der Waals surface area contributed by atoms with Crippen LogP contribution in [-0.4, -0.2) is 47.4 Å². The third kappa shape index (κ3) is 13.4. The van der Waals surface area contributed by atoms with Gasteiger partial charge in [-0.25, -0.2) is 17.6 Å². The molecule has 0 aliphatic heterocycles. The van der Waals surface area contributed by atoms with Gasteiger partial charge < -0.3 is 30.1 Å². The molecule has 2 aromatic carbocycles. The second-order valence-corrected chi connectivity index (χ2v) is 13.1. The lowest BCUT2D eigenvalue weighted by Gasteiger charge is -2.29. The van der Waals surface area contributed by atoms with Crippen molar-refractivity contribution in [2.24, 2.45) is 5.92 Å². The highest BCUT2D eigenvalue weighted by Crippen LogP contribution is 2.29. The summed E-state index contributed by atoms with van der Waals surface area (Å²) in [7, 11) is 0. The molecule has 0 aromatic heterocycles. The molecule has 15 heteroatoms. The number of nitrogens with one attached hydrogen (secondary N) is 4. The highest BCUT2D eigenvalue weighted by Gasteiger charge is 2.32. The molecule has 52 heavy (non-hydrogen) atoms. The van der Waals surface area contributed by atoms with Gasteiger partial charge in [0.15, 0.2) is 0 Å². The number of carbonyl (C=O) groups is 3. The van der Waals surface area contributed by atoms with Gasteiger partial charge in [-0.2, -0.15) is 0 Å². The summed E-state index contributed by atoms with van der Waals surface area (Å²) in [5.74, 6) is -6.35. The van der Waals surface area contributed by atoms with Crippen molar-refractivity contribution in [2.45, 2.75) is 45.7 Å². The van der Waals surface area contributed by atoms with E-state index in [0.717, 1.165) is 34.8 Å². The Balaban J connectivity index is 1.85. The van der Waals surface area contributed by atoms with E-state index < -0.39 is 72.1 Å². The summed E-state index contributed by atoms with van der Waals surface area (Å²) in [6.45, 7) is 8.13. The number of halogens is 4. The zero-order valence-electron chi connectivity index (χ0n) is 28.8. The van der Waals surface area contributed by atoms with E-state index in [-0.39, 0.29) is 12.8 Å². The predicted molar refractivity (Wildman–Crippen MR) is 201 cm³/mol. The summed E-state index contributed by atoms with van der Waals surface area (Å²) >= 11 is 1.67. The van der Waals surface area contributed by atoms with Gasteiger partial charge in [0.2, 0.25) is 17.7 Å². The monoisotopic (exact) mass is 759 g/mol. The van der Waals surface area contributed by atoms with Crippen LogP contribution in [0.2, 0.25) is 0 Å². The highest BCUT2D eigenvalue weighted by atomic mass is 32.2. The molecule has 3 atom stereocenters. The summed E-state index contributed by atoms with van der Waals surface area (Å²) in [4.78, 5) is 42.7. The topological polar surface area (TPSA) is 123 Å². The number of anilines is 2. The van der Waals surface area contributed by atoms with Gasteiger partial charge in [0.25, 0.3) is 0 Å². The number of rotatable bonds is 18. The number of thioether (sulfide) groups is 1. The number of para-hydroxylation sites is 2. The molecule has 5 N–H and O–H groups in total. The molecule has 0 saturated carbocycles. The SMILES string of the molecule is C=CSC(/C=C\C)=C(C)/C=C/NC(=O)C(NC(=O)CN(CC(=O)N[C@H](C)Cc1cc(F)cc(F)c1)c1ccccc1NSO)C1C=C(F)C=C(F)C1. The zero-order valence-corrected chi connectivity index (χ0v) is 30.4. The van der Waals surface area contributed by atoms with Crippen LogP contribution >= 0.6 is 24.0 Å². The van der Waals surface area contributed by atoms with Gasteiger partial charge in [-0.15, -0.1) is 0 Å². The van der Waals surface area contributed by atoms with Crippen LogP contribution in [0.15, 0.2) is 113 Å². The Hall–Kier alpha value is -4.73. The molecule has 2 aromatic rings. The van der Waals surface area contributed by atoms with E-state index >= 15 is 0 Å². The molecule has 0 saturated heterocycles. The van der Waals surface area contributed by atoms with Gasteiger partial charge in [0, 0.05) is 41.6 Å². The number of allylic oxidation sites excluding steroid dienone is 7. The zero-order chi connectivity index (χ0) is 38.2. The summed E-state index contributed by atoms with van der Waals surface area (Å²) in [5, 5.41) is 9.59. The van der Waals surface area contributed by atoms with E-state index in [1.807, 2.05) is 26.0 Å². The average Bonchev–Trinajstić information content (AvgIpc) is 3.06. The van der Waals surface area contributed by atoms with Gasteiger partial charge >= 0.3 is 0 Å². The molecule has 0 bridgehead atoms. The number of amides is 3. The molecule has 0 heterocycles. The Morgan fingerprint density at radius 3 is 2.35 bits per heavy atom. The highest BCUT2D eigenvalue weighted by molar-refractivity contribution is 8.06. The normalized spacial score (nSPS) is 16.0. The Morgan fingerprint density at radius 1 is 1.04 bits per heavy atom. The van der Waals surface area contributed by atoms with Crippen molar-refractivity contribution in [1.82, 2.24) is 16.0 Å². The van der Waals surface area contributed by atoms with Crippen molar-refractivity contribution in [1.29, 1.82) is 0 Å². The first kappa shape index (κ1) is 41.7. The predicted octanol–water partition coefficient (Wildman–Crippen LogP) is 7.62. The fourth-order valence-corrected chi connectivity index (χ4v) is 6.30. The molecule has 3 amide bonds. The average molecular weight is 760 g/mol. The van der Waals surface area contributed by atoms with Crippen LogP contribution in [0.4, 0.5) is 28.9 Å². The third-order valence-electron chi connectivity index (χ3n) is 7.54. The maximum atomic E-state index is 14.4. The molecule has 278 valence electrons. The van der Waals surface area contributed by atoms with Crippen LogP contribution in [0.25, 0.3) is 0 Å². The van der Waals surface area contributed by atoms with Crippen molar-refractivity contribution >= 4 is 53.1 Å². The van der Waals surface area contributed by atoms with E-state index in [4.69, 9.17) is 0 Å². The summed E-state index contributed by atoms with van der Waals surface area (Å²) < 4.78 is 68.3. The summed E-state index contributed by atoms with van der Waals surface area (Å²) in [5.41, 5.74) is 1.79. The molecule has 0 radical (unpaired) electrons. The van der Waals surface area contributed by atoms with E-state index in [9.17, 15) is 36.5 Å². The van der Waals surface area contributed by atoms with Crippen molar-refractivity contribution in [3.63, 3.8) is 0 Å². The molecule has 3 rings (SSSR count). The molecule has 0 spiro atoms. The second-order valence-electron chi connectivity index (χ2n) is 11.7. The first-order valence-corrected chi connectivity index (χ1v) is 17.7. The van der Waals surface area contributed by atoms with E-state index in [1.165, 1.54) is 22.9 Å². The minimum absolute atomic E-state index is 0.112. The first-order chi connectivity index (χ1) is 24.8. The van der Waals surface area contributed by atoms with Crippen molar-refractivity contribution in [3.8, 4) is 0 Å². The molecule has 1 aliphatic rings. The van der Waals surface area contributed by atoms with Gasteiger partial charge in [0.1, 0.15) is 41.6 Å². The van der Waals surface area contributed by atoms with Gasteiger partial charge in [-0.05, 0) is 80.2 Å². The Morgan fingerprint density at radius 2 is 1.71 bits per heavy atom. The number of carbonyl (C=O) groups excluding carboxylic acids is 3. The van der Waals surface area contributed by atoms with E-state index in [0.29, 0.717) is 35.2 Å². The van der Waals surface area contributed by atoms with Crippen molar-refractivity contribution in [3.05, 3.63) is 130 Å². The first-order valence-electron chi connectivity index (χ1n) is 16.1. The molecule has 0 fully saturated rings. The molecule has 9 nitrogen and oxygen atoms in total. The molecular weight excluding hydrogens is 719 g/mol. The number of hydrogen-bond acceptors (Lipinski definition) is 8. The van der Waals surface area contributed by atoms with E-state index in [2.05, 4.69) is 27.3 Å². The minimum atomic E-state index is -1.42. The van der Waals surface area contributed by atoms with Crippen LogP contribution in [0.3, 0.4) is 0 Å². The summed E-state index contributed by atoms with van der Waals surface area (Å²) in [6, 6.07) is 7.58. The molecular formula is C37H41F4N5O4S2. The van der Waals surface area contributed by atoms with Crippen molar-refractivity contribution in [2.75, 3.05) is 22.7 Å². The number of hydrogen-bond donors (Lipinski definition) is 5. The van der Waals surface area contributed by atoms with Gasteiger partial charge in [-0.3, -0.25) is 14.4 Å². The Bertz CT molecular complexity index is 1740. The maximum absolute atomic E-state index is 14.4. The lowest BCUT2D eigenvalue weighted by atomic mass is 9.91. The van der Waals surface area contributed by atoms with Crippen LogP contribution in [0.5, 0.6) is 0 Å². The van der Waals surface area contributed by atoms with Gasteiger partial charge in [-0.1, -0.05) is 42.6 Å². The fourth-order valence-electron chi connectivity index (χ4n) is 5.38. The van der Waals surface area contributed by atoms with Crippen LogP contribution < -0.4 is 25.6 Å². The quantitative estimate of drug-likeness (QED) is 0.0456. The van der Waals surface area contributed by atoms with Crippen molar-refractivity contribution < 1.29 is 36.5 Å². The van der Waals surface area contributed by atoms with Crippen LogP contribution in [0, 0.1) is 17.6 Å². The lowest BCUT2D eigenvalue weighted by Crippen LogP contribution is -2.53. The largest absolute Gasteiger partial charge is 0.352 e. The van der Waals surface area contributed by atoms with Gasteiger partial charge in [0.05, 0.1) is 24.5 Å². The number of benzene rings is 2. The van der Waals surface area contributed by atoms with E-state index in [1.54, 1.807) is 42.7 Å². The third-order valence-corrected chi connectivity index (χ3v) is 8.73. The molecule has 1 aliphatic carbocycles. The standard InChI is InChI=1S/C37H41F4N5O4S2/c1-5-9-33(51-6-2)23(3)12-13-42-37(49)36(26-17-29(40)20-30(41)18-26)44-35(48)22-46(32-11-8-7-10-31(32)45-52-50)21-34(47)43-24(4)14-25-15-27(38)19-28(39)16-25/h5-13,15-17,19-20,24,26,36,45,50H,2,14,18,21-22H2,1,3-4H3,(H,42,49)(H,43,47)(H,44,48)/b9-5-,13-12+,33-23+/t24-,26?,36?/m1/s1. The Kier molecular flexibility index (Phi) is 16.8.